The molecule has 0 aliphatic heterocycles. The standard InChI is InChI=1S/C14H14N2O2S/c1-9(17)12-5-3-4-6-13(12)16-14(18)7-11-8-19-10(2)15-11/h3-6,8H,7H2,1-2H3,(H,16,18). The molecule has 0 aliphatic rings. The Labute approximate surface area is 115 Å². The van der Waals surface area contributed by atoms with Crippen molar-refractivity contribution in [3.8, 4) is 0 Å². The Morgan fingerprint density at radius 3 is 2.68 bits per heavy atom. The van der Waals surface area contributed by atoms with Crippen LogP contribution in [0.2, 0.25) is 0 Å². The molecular formula is C14H14N2O2S. The largest absolute Gasteiger partial charge is 0.325 e. The molecule has 0 unspecified atom stereocenters. The number of nitrogens with zero attached hydrogens (tertiary/aromatic N) is 1. The number of anilines is 1. The summed E-state index contributed by atoms with van der Waals surface area (Å²) in [7, 11) is 0. The van der Waals surface area contributed by atoms with Crippen molar-refractivity contribution in [1.82, 2.24) is 4.98 Å². The molecule has 0 radical (unpaired) electrons. The van der Waals surface area contributed by atoms with Crippen molar-refractivity contribution in [3.63, 3.8) is 0 Å². The van der Waals surface area contributed by atoms with Crippen LogP contribution in [0.15, 0.2) is 29.6 Å². The predicted octanol–water partition coefficient (Wildman–Crippen LogP) is 2.84. The summed E-state index contributed by atoms with van der Waals surface area (Å²) in [6.07, 6.45) is 0.219. The second kappa shape index (κ2) is 5.75. The third kappa shape index (κ3) is 3.48. The van der Waals surface area contributed by atoms with Crippen LogP contribution >= 0.6 is 11.3 Å². The Morgan fingerprint density at radius 1 is 1.32 bits per heavy atom. The summed E-state index contributed by atoms with van der Waals surface area (Å²) in [5.41, 5.74) is 1.82. The van der Waals surface area contributed by atoms with E-state index in [-0.39, 0.29) is 18.1 Å². The van der Waals surface area contributed by atoms with E-state index in [2.05, 4.69) is 10.3 Å². The van der Waals surface area contributed by atoms with Crippen LogP contribution in [0.5, 0.6) is 0 Å². The zero-order chi connectivity index (χ0) is 13.8. The van der Waals surface area contributed by atoms with E-state index in [1.54, 1.807) is 24.3 Å². The zero-order valence-electron chi connectivity index (χ0n) is 10.8. The number of Topliss-reactive ketones (excluding diaryl/α,β-unsaturated/α-hetero) is 1. The molecule has 5 heteroatoms. The van der Waals surface area contributed by atoms with Gasteiger partial charge in [-0.3, -0.25) is 9.59 Å². The van der Waals surface area contributed by atoms with E-state index in [9.17, 15) is 9.59 Å². The number of nitrogens with one attached hydrogen (secondary N) is 1. The highest BCUT2D eigenvalue weighted by Gasteiger charge is 2.11. The van der Waals surface area contributed by atoms with Crippen molar-refractivity contribution in [2.45, 2.75) is 20.3 Å². The van der Waals surface area contributed by atoms with Gasteiger partial charge in [0.05, 0.1) is 22.8 Å². The first-order valence-corrected chi connectivity index (χ1v) is 6.75. The van der Waals surface area contributed by atoms with Gasteiger partial charge in [-0.15, -0.1) is 11.3 Å². The fraction of sp³-hybridized carbons (Fsp3) is 0.214. The molecule has 19 heavy (non-hydrogen) atoms. The summed E-state index contributed by atoms with van der Waals surface area (Å²) in [6, 6.07) is 6.98. The Balaban J connectivity index is 2.09. The lowest BCUT2D eigenvalue weighted by molar-refractivity contribution is -0.115. The minimum absolute atomic E-state index is 0.0691. The molecule has 0 bridgehead atoms. The molecule has 4 nitrogen and oxygen atoms in total. The lowest BCUT2D eigenvalue weighted by atomic mass is 10.1. The van der Waals surface area contributed by atoms with Gasteiger partial charge in [-0.2, -0.15) is 0 Å². The van der Waals surface area contributed by atoms with Crippen molar-refractivity contribution < 1.29 is 9.59 Å². The first-order valence-electron chi connectivity index (χ1n) is 5.87. The summed E-state index contributed by atoms with van der Waals surface area (Å²) >= 11 is 1.52. The van der Waals surface area contributed by atoms with Crippen LogP contribution in [0.4, 0.5) is 5.69 Å². The summed E-state index contributed by atoms with van der Waals surface area (Å²) in [4.78, 5) is 27.6. The maximum atomic E-state index is 11.9. The highest BCUT2D eigenvalue weighted by atomic mass is 32.1. The molecule has 0 atom stereocenters. The molecule has 0 aliphatic carbocycles. The van der Waals surface area contributed by atoms with E-state index in [1.807, 2.05) is 12.3 Å². The van der Waals surface area contributed by atoms with Crippen molar-refractivity contribution in [2.24, 2.45) is 0 Å². The molecule has 1 amide bonds. The van der Waals surface area contributed by atoms with Crippen LogP contribution in [0.3, 0.4) is 0 Å². The topological polar surface area (TPSA) is 59.1 Å². The molecule has 2 rings (SSSR count). The second-order valence-corrected chi connectivity index (χ2v) is 5.25. The number of hydrogen-bond acceptors (Lipinski definition) is 4. The molecule has 1 aromatic carbocycles. The average molecular weight is 274 g/mol. The first-order chi connectivity index (χ1) is 9.06. The Bertz CT molecular complexity index is 619. The quantitative estimate of drug-likeness (QED) is 0.872. The number of carbonyl (C=O) groups excluding carboxylic acids is 2. The fourth-order valence-corrected chi connectivity index (χ4v) is 2.36. The minimum atomic E-state index is -0.168. The average Bonchev–Trinajstić information content (AvgIpc) is 2.75. The van der Waals surface area contributed by atoms with Crippen LogP contribution in [-0.4, -0.2) is 16.7 Å². The summed E-state index contributed by atoms with van der Waals surface area (Å²) in [5, 5.41) is 5.56. The SMILES string of the molecule is CC(=O)c1ccccc1NC(=O)Cc1csc(C)n1. The number of aryl methyl sites for hydroxylation is 1. The predicted molar refractivity (Wildman–Crippen MR) is 75.6 cm³/mol. The molecule has 0 saturated heterocycles. The number of benzene rings is 1. The number of para-hydroxylation sites is 1. The maximum absolute atomic E-state index is 11.9. The van der Waals surface area contributed by atoms with Gasteiger partial charge in [0.1, 0.15) is 0 Å². The normalized spacial score (nSPS) is 10.2. The smallest absolute Gasteiger partial charge is 0.230 e. The summed E-state index contributed by atoms with van der Waals surface area (Å²) < 4.78 is 0. The fourth-order valence-electron chi connectivity index (χ4n) is 1.75. The summed E-state index contributed by atoms with van der Waals surface area (Å²) in [6.45, 7) is 3.38. The van der Waals surface area contributed by atoms with Gasteiger partial charge >= 0.3 is 0 Å². The van der Waals surface area contributed by atoms with E-state index < -0.39 is 0 Å². The van der Waals surface area contributed by atoms with Gasteiger partial charge in [0.25, 0.3) is 0 Å². The maximum Gasteiger partial charge on any atom is 0.230 e. The van der Waals surface area contributed by atoms with Gasteiger partial charge in [-0.05, 0) is 26.0 Å². The molecule has 0 spiro atoms. The monoisotopic (exact) mass is 274 g/mol. The van der Waals surface area contributed by atoms with Crippen LogP contribution in [-0.2, 0) is 11.2 Å². The van der Waals surface area contributed by atoms with Gasteiger partial charge in [0, 0.05) is 10.9 Å². The number of hydrogen-bond donors (Lipinski definition) is 1. The van der Waals surface area contributed by atoms with Crippen molar-refractivity contribution in [1.29, 1.82) is 0 Å². The lowest BCUT2D eigenvalue weighted by Crippen LogP contribution is -2.16. The molecule has 1 heterocycles. The van der Waals surface area contributed by atoms with Gasteiger partial charge in [-0.25, -0.2) is 4.98 Å². The van der Waals surface area contributed by atoms with E-state index in [0.29, 0.717) is 11.3 Å². The van der Waals surface area contributed by atoms with Gasteiger partial charge in [-0.1, -0.05) is 12.1 Å². The van der Waals surface area contributed by atoms with E-state index in [1.165, 1.54) is 18.3 Å². The van der Waals surface area contributed by atoms with Crippen molar-refractivity contribution in [3.05, 3.63) is 45.9 Å². The molecule has 2 aromatic rings. The minimum Gasteiger partial charge on any atom is -0.325 e. The van der Waals surface area contributed by atoms with Crippen LogP contribution in [0.1, 0.15) is 28.0 Å². The number of ketones is 1. The van der Waals surface area contributed by atoms with Crippen LogP contribution in [0, 0.1) is 6.92 Å². The molecule has 1 N–H and O–H groups in total. The van der Waals surface area contributed by atoms with Gasteiger partial charge in [0.15, 0.2) is 5.78 Å². The Morgan fingerprint density at radius 2 is 2.05 bits per heavy atom. The molecular weight excluding hydrogens is 260 g/mol. The van der Waals surface area contributed by atoms with E-state index in [0.717, 1.165) is 10.7 Å². The molecule has 0 fully saturated rings. The summed E-state index contributed by atoms with van der Waals surface area (Å²) in [5.74, 6) is -0.237. The number of thiazole rings is 1. The third-order valence-corrected chi connectivity index (χ3v) is 3.41. The third-order valence-electron chi connectivity index (χ3n) is 2.59. The highest BCUT2D eigenvalue weighted by Crippen LogP contribution is 2.16. The second-order valence-electron chi connectivity index (χ2n) is 4.18. The zero-order valence-corrected chi connectivity index (χ0v) is 11.6. The first kappa shape index (κ1) is 13.4. The van der Waals surface area contributed by atoms with Gasteiger partial charge in [0.2, 0.25) is 5.91 Å². The van der Waals surface area contributed by atoms with Crippen LogP contribution < -0.4 is 5.32 Å². The van der Waals surface area contributed by atoms with E-state index >= 15 is 0 Å². The Hall–Kier alpha value is -2.01. The lowest BCUT2D eigenvalue weighted by Gasteiger charge is -2.08. The number of rotatable bonds is 4. The molecule has 0 saturated carbocycles. The van der Waals surface area contributed by atoms with Gasteiger partial charge < -0.3 is 5.32 Å². The molecule has 98 valence electrons. The number of amides is 1. The van der Waals surface area contributed by atoms with Crippen LogP contribution in [0.25, 0.3) is 0 Å². The Kier molecular flexibility index (Phi) is 4.06. The molecule has 1 aromatic heterocycles. The van der Waals surface area contributed by atoms with E-state index in [4.69, 9.17) is 0 Å². The van der Waals surface area contributed by atoms with Crippen molar-refractivity contribution >= 4 is 28.7 Å². The number of aromatic nitrogens is 1. The number of carbonyl (C=O) groups is 2. The highest BCUT2D eigenvalue weighted by molar-refractivity contribution is 7.09. The van der Waals surface area contributed by atoms with Crippen molar-refractivity contribution in [2.75, 3.05) is 5.32 Å².